The van der Waals surface area contributed by atoms with Crippen molar-refractivity contribution in [3.8, 4) is 0 Å². The molecule has 4 rings (SSSR count). The fourth-order valence-corrected chi connectivity index (χ4v) is 3.30. The standard InChI is InChI=1S/C24H25N6/c1-28-19-25-29(2)24(28)27-26-22-13-15-23(16-14-22)30(17-20-9-5-3-6-10-20)18-21-11-7-4-8-12-21/h3-16,19H,17-18H2,1-2H3/q+1. The summed E-state index contributed by atoms with van der Waals surface area (Å²) in [5.74, 6) is 0.689. The summed E-state index contributed by atoms with van der Waals surface area (Å²) in [6.07, 6.45) is 1.71. The Morgan fingerprint density at radius 1 is 0.800 bits per heavy atom. The van der Waals surface area contributed by atoms with Crippen LogP contribution in [0.5, 0.6) is 0 Å². The Morgan fingerprint density at radius 2 is 1.37 bits per heavy atom. The van der Waals surface area contributed by atoms with Crippen LogP contribution in [-0.4, -0.2) is 9.78 Å². The summed E-state index contributed by atoms with van der Waals surface area (Å²) in [6.45, 7) is 1.67. The van der Waals surface area contributed by atoms with Gasteiger partial charge in [0.15, 0.2) is 0 Å². The van der Waals surface area contributed by atoms with Crippen molar-refractivity contribution in [2.45, 2.75) is 13.1 Å². The smallest absolute Gasteiger partial charge is 0.363 e. The molecule has 6 nitrogen and oxygen atoms in total. The molecule has 0 spiro atoms. The molecule has 3 aromatic carbocycles. The third-order valence-corrected chi connectivity index (χ3v) is 4.91. The van der Waals surface area contributed by atoms with Crippen molar-refractivity contribution in [3.63, 3.8) is 0 Å². The van der Waals surface area contributed by atoms with Crippen molar-refractivity contribution in [1.82, 2.24) is 9.78 Å². The first kappa shape index (κ1) is 19.5. The van der Waals surface area contributed by atoms with Crippen LogP contribution < -0.4 is 9.47 Å². The molecule has 30 heavy (non-hydrogen) atoms. The van der Waals surface area contributed by atoms with Crippen LogP contribution in [0.15, 0.2) is 101 Å². The lowest BCUT2D eigenvalue weighted by Crippen LogP contribution is -2.25. The van der Waals surface area contributed by atoms with Crippen LogP contribution in [-0.2, 0) is 27.2 Å². The predicted octanol–water partition coefficient (Wildman–Crippen LogP) is 4.87. The number of rotatable bonds is 7. The molecule has 0 unspecified atom stereocenters. The molecule has 0 atom stereocenters. The highest BCUT2D eigenvalue weighted by atomic mass is 15.4. The molecule has 6 heteroatoms. The minimum atomic E-state index is 0.689. The Kier molecular flexibility index (Phi) is 5.94. The summed E-state index contributed by atoms with van der Waals surface area (Å²) < 4.78 is 3.53. The maximum atomic E-state index is 4.36. The Bertz CT molecular complexity index is 1040. The van der Waals surface area contributed by atoms with Crippen molar-refractivity contribution in [2.75, 3.05) is 4.90 Å². The van der Waals surface area contributed by atoms with Gasteiger partial charge in [-0.15, -0.1) is 4.68 Å². The molecule has 0 radical (unpaired) electrons. The lowest BCUT2D eigenvalue weighted by Gasteiger charge is -2.25. The van der Waals surface area contributed by atoms with Crippen LogP contribution in [0.3, 0.4) is 0 Å². The SMILES string of the molecule is Cn1nc[n+](C)c1N=Nc1ccc(N(Cc2ccccc2)Cc2ccccc2)cc1. The number of aryl methyl sites for hydroxylation is 2. The molecule has 150 valence electrons. The van der Waals surface area contributed by atoms with Crippen molar-refractivity contribution in [3.05, 3.63) is 102 Å². The largest absolute Gasteiger partial charge is 0.403 e. The van der Waals surface area contributed by atoms with Gasteiger partial charge >= 0.3 is 5.95 Å². The molecule has 0 aliphatic rings. The van der Waals surface area contributed by atoms with Gasteiger partial charge in [0.05, 0.1) is 19.8 Å². The van der Waals surface area contributed by atoms with Crippen molar-refractivity contribution in [2.24, 2.45) is 24.3 Å². The Balaban J connectivity index is 1.55. The number of hydrogen-bond acceptors (Lipinski definition) is 4. The monoisotopic (exact) mass is 397 g/mol. The molecule has 1 heterocycles. The first-order valence-corrected chi connectivity index (χ1v) is 9.91. The topological polar surface area (TPSA) is 49.7 Å². The highest BCUT2D eigenvalue weighted by Gasteiger charge is 2.12. The van der Waals surface area contributed by atoms with Gasteiger partial charge in [-0.3, -0.25) is 0 Å². The summed E-state index contributed by atoms with van der Waals surface area (Å²) >= 11 is 0. The van der Waals surface area contributed by atoms with Crippen LogP contribution in [0, 0.1) is 0 Å². The zero-order valence-corrected chi connectivity index (χ0v) is 17.3. The fraction of sp³-hybridized carbons (Fsp3) is 0.167. The van der Waals surface area contributed by atoms with Gasteiger partial charge in [0.25, 0.3) is 0 Å². The second-order valence-corrected chi connectivity index (χ2v) is 7.21. The molecule has 0 aliphatic carbocycles. The van der Waals surface area contributed by atoms with E-state index in [0.29, 0.717) is 5.95 Å². The first-order chi connectivity index (χ1) is 14.7. The van der Waals surface area contributed by atoms with Gasteiger partial charge in [0, 0.05) is 23.9 Å². The van der Waals surface area contributed by atoms with E-state index in [-0.39, 0.29) is 0 Å². The molecule has 0 bridgehead atoms. The van der Waals surface area contributed by atoms with Crippen LogP contribution in [0.2, 0.25) is 0 Å². The third kappa shape index (κ3) is 4.78. The number of benzene rings is 3. The minimum absolute atomic E-state index is 0.689. The van der Waals surface area contributed by atoms with E-state index in [9.17, 15) is 0 Å². The Hall–Kier alpha value is -3.80. The van der Waals surface area contributed by atoms with Gasteiger partial charge in [-0.25, -0.2) is 4.57 Å². The normalized spacial score (nSPS) is 11.1. The van der Waals surface area contributed by atoms with Gasteiger partial charge in [0.2, 0.25) is 6.33 Å². The second-order valence-electron chi connectivity index (χ2n) is 7.21. The average molecular weight is 398 g/mol. The highest BCUT2D eigenvalue weighted by molar-refractivity contribution is 5.53. The molecular weight excluding hydrogens is 372 g/mol. The summed E-state index contributed by atoms with van der Waals surface area (Å²) in [4.78, 5) is 2.37. The number of nitrogens with zero attached hydrogens (tertiary/aromatic N) is 6. The summed E-state index contributed by atoms with van der Waals surface area (Å²) in [6, 6.07) is 29.3. The van der Waals surface area contributed by atoms with Gasteiger partial charge in [-0.1, -0.05) is 65.8 Å². The van der Waals surface area contributed by atoms with Gasteiger partial charge in [-0.2, -0.15) is 0 Å². The maximum Gasteiger partial charge on any atom is 0.403 e. The molecule has 1 aromatic heterocycles. The first-order valence-electron chi connectivity index (χ1n) is 9.91. The van der Waals surface area contributed by atoms with Crippen molar-refractivity contribution < 1.29 is 4.57 Å². The van der Waals surface area contributed by atoms with E-state index in [0.717, 1.165) is 24.5 Å². The molecule has 0 saturated carbocycles. The molecule has 0 saturated heterocycles. The quantitative estimate of drug-likeness (QED) is 0.330. The third-order valence-electron chi connectivity index (χ3n) is 4.91. The molecule has 0 aliphatic heterocycles. The number of azo groups is 1. The van der Waals surface area contributed by atoms with Crippen LogP contribution >= 0.6 is 0 Å². The van der Waals surface area contributed by atoms with Crippen LogP contribution in [0.4, 0.5) is 17.3 Å². The molecule has 0 fully saturated rings. The van der Waals surface area contributed by atoms with Crippen LogP contribution in [0.1, 0.15) is 11.1 Å². The van der Waals surface area contributed by atoms with Crippen molar-refractivity contribution >= 4 is 17.3 Å². The molecule has 0 N–H and O–H groups in total. The zero-order chi connectivity index (χ0) is 20.8. The van der Waals surface area contributed by atoms with Gasteiger partial charge < -0.3 is 4.90 Å². The highest BCUT2D eigenvalue weighted by Crippen LogP contribution is 2.24. The second kappa shape index (κ2) is 9.13. The maximum absolute atomic E-state index is 4.36. The zero-order valence-electron chi connectivity index (χ0n) is 17.3. The van der Waals surface area contributed by atoms with E-state index < -0.39 is 0 Å². The number of anilines is 1. The minimum Gasteiger partial charge on any atom is -0.363 e. The predicted molar refractivity (Wildman–Crippen MR) is 118 cm³/mol. The van der Waals surface area contributed by atoms with E-state index in [1.807, 2.05) is 42.9 Å². The Morgan fingerprint density at radius 3 is 1.87 bits per heavy atom. The average Bonchev–Trinajstić information content (AvgIpc) is 3.11. The molecular formula is C24H25N6+. The summed E-state index contributed by atoms with van der Waals surface area (Å²) in [7, 11) is 3.75. The summed E-state index contributed by atoms with van der Waals surface area (Å²) in [5.41, 5.74) is 4.51. The lowest BCUT2D eigenvalue weighted by molar-refractivity contribution is -0.659. The van der Waals surface area contributed by atoms with E-state index in [2.05, 4.69) is 80.9 Å². The Labute approximate surface area is 176 Å². The van der Waals surface area contributed by atoms with Gasteiger partial charge in [-0.05, 0) is 40.5 Å². The van der Waals surface area contributed by atoms with E-state index in [1.54, 1.807) is 11.0 Å². The van der Waals surface area contributed by atoms with E-state index in [1.165, 1.54) is 11.1 Å². The fourth-order valence-electron chi connectivity index (χ4n) is 3.30. The van der Waals surface area contributed by atoms with Crippen molar-refractivity contribution in [1.29, 1.82) is 0 Å². The lowest BCUT2D eigenvalue weighted by atomic mass is 10.1. The number of aromatic nitrogens is 3. The summed E-state index contributed by atoms with van der Waals surface area (Å²) in [5, 5.41) is 12.8. The van der Waals surface area contributed by atoms with Crippen LogP contribution in [0.25, 0.3) is 0 Å². The van der Waals surface area contributed by atoms with E-state index >= 15 is 0 Å². The number of hydrogen-bond donors (Lipinski definition) is 0. The molecule has 4 aromatic rings. The van der Waals surface area contributed by atoms with Gasteiger partial charge in [0.1, 0.15) is 0 Å². The molecule has 0 amide bonds. The van der Waals surface area contributed by atoms with E-state index in [4.69, 9.17) is 0 Å².